The van der Waals surface area contributed by atoms with Gasteiger partial charge in [0.1, 0.15) is 5.60 Å². The van der Waals surface area contributed by atoms with Crippen molar-refractivity contribution in [3.63, 3.8) is 0 Å². The molecular formula is C15H24Br2N2O2S. The Labute approximate surface area is 153 Å². The Morgan fingerprint density at radius 3 is 2.59 bits per heavy atom. The molecule has 0 bridgehead atoms. The summed E-state index contributed by atoms with van der Waals surface area (Å²) in [6.45, 7) is 9.08. The van der Waals surface area contributed by atoms with E-state index >= 15 is 0 Å². The molecule has 1 aromatic rings. The summed E-state index contributed by atoms with van der Waals surface area (Å²) in [6, 6.07) is 2.34. The van der Waals surface area contributed by atoms with E-state index in [1.54, 1.807) is 11.3 Å². The summed E-state index contributed by atoms with van der Waals surface area (Å²) in [5, 5.41) is 6.33. The molecule has 0 aliphatic heterocycles. The summed E-state index contributed by atoms with van der Waals surface area (Å²) >= 11 is 8.70. The third-order valence-corrected chi connectivity index (χ3v) is 6.05. The highest BCUT2D eigenvalue weighted by Crippen LogP contribution is 2.32. The van der Waals surface area contributed by atoms with Crippen LogP contribution in [0.3, 0.4) is 0 Å². The molecule has 0 saturated carbocycles. The first-order valence-electron chi connectivity index (χ1n) is 7.35. The zero-order valence-electron chi connectivity index (χ0n) is 13.5. The Balaban J connectivity index is 2.43. The molecule has 0 aliphatic rings. The average Bonchev–Trinajstić information content (AvgIpc) is 2.70. The lowest BCUT2D eigenvalue weighted by Gasteiger charge is -2.22. The molecule has 0 saturated heterocycles. The third kappa shape index (κ3) is 7.94. The number of carbonyl (C=O) groups excluding carboxylic acids is 1. The number of carbonyl (C=O) groups is 1. The number of alkyl carbamates (subject to hydrolysis) is 1. The van der Waals surface area contributed by atoms with Gasteiger partial charge in [-0.25, -0.2) is 4.79 Å². The summed E-state index contributed by atoms with van der Waals surface area (Å²) < 4.78 is 7.44. The summed E-state index contributed by atoms with van der Waals surface area (Å²) in [6.07, 6.45) is 1.70. The first-order valence-corrected chi connectivity index (χ1v) is 9.75. The molecule has 126 valence electrons. The molecule has 0 spiro atoms. The summed E-state index contributed by atoms with van der Waals surface area (Å²) in [7, 11) is 0. The molecule has 1 amide bonds. The maximum atomic E-state index is 11.7. The zero-order valence-corrected chi connectivity index (χ0v) is 17.5. The Morgan fingerprint density at radius 1 is 1.41 bits per heavy atom. The third-order valence-electron chi connectivity index (χ3n) is 2.79. The van der Waals surface area contributed by atoms with Crippen LogP contribution in [0.5, 0.6) is 0 Å². The lowest BCUT2D eigenvalue weighted by Crippen LogP contribution is -2.42. The highest BCUT2D eigenvalue weighted by Gasteiger charge is 2.17. The number of rotatable bonds is 7. The van der Waals surface area contributed by atoms with Crippen molar-refractivity contribution in [2.75, 3.05) is 6.54 Å². The van der Waals surface area contributed by atoms with Crippen LogP contribution < -0.4 is 10.6 Å². The molecule has 1 heterocycles. The zero-order chi connectivity index (χ0) is 16.8. The van der Waals surface area contributed by atoms with E-state index in [4.69, 9.17) is 4.74 Å². The van der Waals surface area contributed by atoms with E-state index in [1.165, 1.54) is 4.88 Å². The van der Waals surface area contributed by atoms with E-state index < -0.39 is 5.60 Å². The van der Waals surface area contributed by atoms with Gasteiger partial charge >= 0.3 is 6.09 Å². The van der Waals surface area contributed by atoms with Crippen molar-refractivity contribution < 1.29 is 9.53 Å². The Bertz CT molecular complexity index is 467. The first kappa shape index (κ1) is 19.9. The molecule has 0 radical (unpaired) electrons. The molecule has 0 aromatic carbocycles. The van der Waals surface area contributed by atoms with Gasteiger partial charge in [-0.3, -0.25) is 0 Å². The van der Waals surface area contributed by atoms with Crippen LogP contribution in [-0.2, 0) is 11.3 Å². The minimum absolute atomic E-state index is 0.233. The molecule has 0 fully saturated rings. The van der Waals surface area contributed by atoms with E-state index in [2.05, 4.69) is 55.5 Å². The van der Waals surface area contributed by atoms with E-state index in [9.17, 15) is 4.79 Å². The quantitative estimate of drug-likeness (QED) is 0.604. The fraction of sp³-hybridized carbons (Fsp3) is 0.667. The number of thiophene rings is 1. The van der Waals surface area contributed by atoms with Crippen molar-refractivity contribution in [2.24, 2.45) is 0 Å². The summed E-state index contributed by atoms with van der Waals surface area (Å²) in [5.74, 6) is 0. The van der Waals surface area contributed by atoms with Gasteiger partial charge in [-0.1, -0.05) is 13.3 Å². The van der Waals surface area contributed by atoms with Crippen LogP contribution in [0.4, 0.5) is 4.79 Å². The fourth-order valence-electron chi connectivity index (χ4n) is 1.87. The molecule has 22 heavy (non-hydrogen) atoms. The molecule has 1 atom stereocenters. The number of ether oxygens (including phenoxy) is 1. The number of nitrogens with one attached hydrogen (secondary N) is 2. The standard InChI is InChI=1S/C15H24Br2N2O2S/c1-5-6-10(8-19-14(20)21-15(2,3)4)18-9-11-7-12(16)13(17)22-11/h7,10,18H,5-6,8-9H2,1-4H3,(H,19,20). The highest BCUT2D eigenvalue weighted by atomic mass is 79.9. The van der Waals surface area contributed by atoms with Crippen LogP contribution in [-0.4, -0.2) is 24.3 Å². The second-order valence-corrected chi connectivity index (χ2v) is 9.39. The highest BCUT2D eigenvalue weighted by molar-refractivity contribution is 9.13. The van der Waals surface area contributed by atoms with Crippen molar-refractivity contribution in [2.45, 2.75) is 58.7 Å². The molecule has 1 unspecified atom stereocenters. The second-order valence-electron chi connectivity index (χ2n) is 6.08. The van der Waals surface area contributed by atoms with Gasteiger partial charge in [-0.05, 0) is 65.1 Å². The maximum Gasteiger partial charge on any atom is 0.407 e. The fourth-order valence-corrected chi connectivity index (χ4v) is 4.00. The van der Waals surface area contributed by atoms with Gasteiger partial charge in [0.2, 0.25) is 0 Å². The first-order chi connectivity index (χ1) is 10.2. The molecule has 0 aliphatic carbocycles. The number of halogens is 2. The van der Waals surface area contributed by atoms with Crippen LogP contribution in [0.2, 0.25) is 0 Å². The van der Waals surface area contributed by atoms with Crippen LogP contribution in [0, 0.1) is 0 Å². The van der Waals surface area contributed by atoms with Gasteiger partial charge < -0.3 is 15.4 Å². The summed E-state index contributed by atoms with van der Waals surface area (Å²) in [5.41, 5.74) is -0.465. The van der Waals surface area contributed by atoms with Crippen molar-refractivity contribution in [3.8, 4) is 0 Å². The van der Waals surface area contributed by atoms with Gasteiger partial charge in [0.25, 0.3) is 0 Å². The van der Waals surface area contributed by atoms with Gasteiger partial charge in [-0.2, -0.15) is 0 Å². The normalized spacial score (nSPS) is 13.0. The number of hydrogen-bond acceptors (Lipinski definition) is 4. The van der Waals surface area contributed by atoms with Crippen LogP contribution in [0.25, 0.3) is 0 Å². The second kappa shape index (κ2) is 9.25. The smallest absolute Gasteiger partial charge is 0.407 e. The Kier molecular flexibility index (Phi) is 8.38. The molecule has 1 aromatic heterocycles. The minimum atomic E-state index is -0.465. The lowest BCUT2D eigenvalue weighted by atomic mass is 10.1. The van der Waals surface area contributed by atoms with Crippen molar-refractivity contribution in [1.29, 1.82) is 0 Å². The van der Waals surface area contributed by atoms with Crippen LogP contribution >= 0.6 is 43.2 Å². The van der Waals surface area contributed by atoms with E-state index in [0.29, 0.717) is 6.54 Å². The van der Waals surface area contributed by atoms with Crippen molar-refractivity contribution >= 4 is 49.3 Å². The minimum Gasteiger partial charge on any atom is -0.444 e. The van der Waals surface area contributed by atoms with E-state index in [1.807, 2.05) is 20.8 Å². The largest absolute Gasteiger partial charge is 0.444 e. The molecule has 4 nitrogen and oxygen atoms in total. The lowest BCUT2D eigenvalue weighted by molar-refractivity contribution is 0.0521. The maximum absolute atomic E-state index is 11.7. The van der Waals surface area contributed by atoms with Gasteiger partial charge in [0.15, 0.2) is 0 Å². The monoisotopic (exact) mass is 454 g/mol. The van der Waals surface area contributed by atoms with E-state index in [-0.39, 0.29) is 12.1 Å². The van der Waals surface area contributed by atoms with Crippen molar-refractivity contribution in [3.05, 3.63) is 19.2 Å². The molecule has 1 rings (SSSR count). The van der Waals surface area contributed by atoms with E-state index in [0.717, 1.165) is 27.6 Å². The van der Waals surface area contributed by atoms with Gasteiger partial charge in [0.05, 0.1) is 3.79 Å². The predicted octanol–water partition coefficient (Wildman–Crippen LogP) is 5.06. The average molecular weight is 456 g/mol. The molecule has 7 heteroatoms. The predicted molar refractivity (Wildman–Crippen MR) is 99.5 cm³/mol. The van der Waals surface area contributed by atoms with Gasteiger partial charge in [0, 0.05) is 28.5 Å². The van der Waals surface area contributed by atoms with Crippen LogP contribution in [0.1, 0.15) is 45.4 Å². The molecular weight excluding hydrogens is 432 g/mol. The Morgan fingerprint density at radius 2 is 2.09 bits per heavy atom. The molecule has 2 N–H and O–H groups in total. The topological polar surface area (TPSA) is 50.4 Å². The Hall–Kier alpha value is -0.110. The van der Waals surface area contributed by atoms with Crippen LogP contribution in [0.15, 0.2) is 14.3 Å². The van der Waals surface area contributed by atoms with Gasteiger partial charge in [-0.15, -0.1) is 11.3 Å². The number of amides is 1. The number of hydrogen-bond donors (Lipinski definition) is 2. The SMILES string of the molecule is CCCC(CNC(=O)OC(C)(C)C)NCc1cc(Br)c(Br)s1. The summed E-state index contributed by atoms with van der Waals surface area (Å²) in [4.78, 5) is 13.0. The van der Waals surface area contributed by atoms with Crippen molar-refractivity contribution in [1.82, 2.24) is 10.6 Å².